The minimum Gasteiger partial charge on any atom is -0.0654 e. The molecule has 0 heteroatoms. The maximum Gasteiger partial charge on any atom is -0.0303 e. The number of hydrogen-bond donors (Lipinski definition) is 0. The van der Waals surface area contributed by atoms with Crippen molar-refractivity contribution in [1.82, 2.24) is 0 Å². The highest BCUT2D eigenvalue weighted by Gasteiger charge is 2.22. The first-order valence-corrected chi connectivity index (χ1v) is 4.40. The highest BCUT2D eigenvalue weighted by molar-refractivity contribution is 4.80. The third-order valence-corrected chi connectivity index (χ3v) is 2.72. The van der Waals surface area contributed by atoms with Gasteiger partial charge in [0.2, 0.25) is 0 Å². The fourth-order valence-electron chi connectivity index (χ4n) is 1.13. The van der Waals surface area contributed by atoms with Gasteiger partial charge >= 0.3 is 0 Å². The first kappa shape index (κ1) is 10.0. The van der Waals surface area contributed by atoms with Crippen molar-refractivity contribution in [2.24, 2.45) is 11.3 Å². The molecule has 0 aromatic heterocycles. The van der Waals surface area contributed by atoms with E-state index >= 15 is 0 Å². The van der Waals surface area contributed by atoms with Crippen LogP contribution in [-0.4, -0.2) is 0 Å². The molecule has 0 aliphatic carbocycles. The molecular weight excluding hydrogens is 120 g/mol. The zero-order valence-electron chi connectivity index (χ0n) is 7.91. The fourth-order valence-corrected chi connectivity index (χ4v) is 1.13. The van der Waals surface area contributed by atoms with Crippen molar-refractivity contribution in [3.8, 4) is 0 Å². The molecule has 2 atom stereocenters. The second kappa shape index (κ2) is 4.00. The molecule has 0 aromatic carbocycles. The summed E-state index contributed by atoms with van der Waals surface area (Å²) in [7, 11) is 0. The summed E-state index contributed by atoms with van der Waals surface area (Å²) in [6, 6.07) is 0. The first-order valence-electron chi connectivity index (χ1n) is 4.40. The minimum atomic E-state index is 0.302. The molecule has 0 N–H and O–H groups in total. The molecule has 0 nitrogen and oxygen atoms in total. The normalized spacial score (nSPS) is 15.3. The van der Waals surface area contributed by atoms with Gasteiger partial charge in [-0.1, -0.05) is 47.0 Å². The summed E-state index contributed by atoms with van der Waals surface area (Å²) >= 11 is 0. The van der Waals surface area contributed by atoms with Crippen LogP contribution in [-0.2, 0) is 0 Å². The van der Waals surface area contributed by atoms with E-state index in [1.54, 1.807) is 0 Å². The Balaban J connectivity index is 3.78. The second-order valence-electron chi connectivity index (χ2n) is 3.70. The fraction of sp³-hybridized carbons (Fsp3) is 0.900. The van der Waals surface area contributed by atoms with Gasteiger partial charge in [0.05, 0.1) is 0 Å². The van der Waals surface area contributed by atoms with Crippen molar-refractivity contribution in [3.63, 3.8) is 0 Å². The van der Waals surface area contributed by atoms with E-state index in [-0.39, 0.29) is 0 Å². The summed E-state index contributed by atoms with van der Waals surface area (Å²) in [4.78, 5) is 0. The highest BCUT2D eigenvalue weighted by Crippen LogP contribution is 2.32. The molecule has 0 rings (SSSR count). The van der Waals surface area contributed by atoms with Crippen LogP contribution in [0.1, 0.15) is 47.0 Å². The van der Waals surface area contributed by atoms with E-state index in [1.807, 2.05) is 0 Å². The molecule has 0 aliphatic rings. The van der Waals surface area contributed by atoms with Crippen LogP contribution in [0.3, 0.4) is 0 Å². The number of rotatable bonds is 4. The van der Waals surface area contributed by atoms with E-state index in [1.165, 1.54) is 19.3 Å². The topological polar surface area (TPSA) is 0 Å². The van der Waals surface area contributed by atoms with Gasteiger partial charge in [0.25, 0.3) is 0 Å². The second-order valence-corrected chi connectivity index (χ2v) is 3.70. The lowest BCUT2D eigenvalue weighted by Gasteiger charge is -2.30. The Labute approximate surface area is 66.0 Å². The Bertz CT molecular complexity index is 82.0. The van der Waals surface area contributed by atoms with E-state index in [4.69, 9.17) is 0 Å². The van der Waals surface area contributed by atoms with Crippen LogP contribution in [0.25, 0.3) is 0 Å². The van der Waals surface area contributed by atoms with Crippen LogP contribution in [0.4, 0.5) is 0 Å². The Morgan fingerprint density at radius 2 is 1.90 bits per heavy atom. The van der Waals surface area contributed by atoms with Crippen molar-refractivity contribution in [2.45, 2.75) is 47.0 Å². The quantitative estimate of drug-likeness (QED) is 0.560. The van der Waals surface area contributed by atoms with Crippen molar-refractivity contribution in [1.29, 1.82) is 0 Å². The predicted octanol–water partition coefficient (Wildman–Crippen LogP) is 3.67. The Kier molecular flexibility index (Phi) is 4.00. The molecule has 2 unspecified atom stereocenters. The zero-order valence-corrected chi connectivity index (χ0v) is 7.91. The van der Waals surface area contributed by atoms with Gasteiger partial charge in [-0.25, -0.2) is 0 Å². The van der Waals surface area contributed by atoms with E-state index in [2.05, 4.69) is 34.6 Å². The summed E-state index contributed by atoms with van der Waals surface area (Å²) in [6.07, 6.45) is 3.79. The largest absolute Gasteiger partial charge is 0.0654 e. The molecule has 1 radical (unpaired) electrons. The van der Waals surface area contributed by atoms with Crippen molar-refractivity contribution in [3.05, 3.63) is 6.92 Å². The standard InChI is InChI=1S/C10H21/c1-6-8-9(3)10(4,5)7-2/h9H,4,6-8H2,1-3,5H3. The SMILES string of the molecule is [CH2]C(C)(CC)C(C)CCC. The van der Waals surface area contributed by atoms with Crippen LogP contribution in [0.5, 0.6) is 0 Å². The highest BCUT2D eigenvalue weighted by atomic mass is 14.3. The van der Waals surface area contributed by atoms with Gasteiger partial charge in [-0.3, -0.25) is 0 Å². The van der Waals surface area contributed by atoms with Crippen LogP contribution < -0.4 is 0 Å². The molecular formula is C10H21. The van der Waals surface area contributed by atoms with Gasteiger partial charge < -0.3 is 0 Å². The van der Waals surface area contributed by atoms with E-state index in [9.17, 15) is 0 Å². The Hall–Kier alpha value is 0. The molecule has 61 valence electrons. The van der Waals surface area contributed by atoms with E-state index < -0.39 is 0 Å². The first-order chi connectivity index (χ1) is 4.54. The lowest BCUT2D eigenvalue weighted by molar-refractivity contribution is 0.246. The third kappa shape index (κ3) is 2.72. The van der Waals surface area contributed by atoms with E-state index in [0.29, 0.717) is 5.41 Å². The van der Waals surface area contributed by atoms with Gasteiger partial charge in [-0.2, -0.15) is 0 Å². The summed E-state index contributed by atoms with van der Waals surface area (Å²) in [5, 5.41) is 0. The average molecular weight is 141 g/mol. The van der Waals surface area contributed by atoms with Gasteiger partial charge in [-0.15, -0.1) is 0 Å². The molecule has 0 bridgehead atoms. The molecule has 0 amide bonds. The van der Waals surface area contributed by atoms with Crippen LogP contribution >= 0.6 is 0 Å². The summed E-state index contributed by atoms with van der Waals surface area (Å²) < 4.78 is 0. The van der Waals surface area contributed by atoms with Crippen LogP contribution in [0, 0.1) is 18.3 Å². The van der Waals surface area contributed by atoms with Gasteiger partial charge in [-0.05, 0) is 18.3 Å². The molecule has 0 saturated carbocycles. The number of hydrogen-bond acceptors (Lipinski definition) is 0. The van der Waals surface area contributed by atoms with Crippen molar-refractivity contribution >= 4 is 0 Å². The molecule has 0 aliphatic heterocycles. The molecule has 0 fully saturated rings. The van der Waals surface area contributed by atoms with Crippen LogP contribution in [0.15, 0.2) is 0 Å². The third-order valence-electron chi connectivity index (χ3n) is 2.72. The Morgan fingerprint density at radius 1 is 1.40 bits per heavy atom. The summed E-state index contributed by atoms with van der Waals surface area (Å²) in [5.41, 5.74) is 0.302. The zero-order chi connectivity index (χ0) is 8.20. The lowest BCUT2D eigenvalue weighted by Crippen LogP contribution is -2.20. The van der Waals surface area contributed by atoms with Crippen molar-refractivity contribution < 1.29 is 0 Å². The van der Waals surface area contributed by atoms with E-state index in [0.717, 1.165) is 5.92 Å². The molecule has 0 saturated heterocycles. The van der Waals surface area contributed by atoms with Gasteiger partial charge in [0.1, 0.15) is 0 Å². The average Bonchev–Trinajstić information content (AvgIpc) is 1.89. The van der Waals surface area contributed by atoms with Gasteiger partial charge in [0.15, 0.2) is 0 Å². The molecule has 0 aromatic rings. The van der Waals surface area contributed by atoms with Crippen molar-refractivity contribution in [2.75, 3.05) is 0 Å². The smallest absolute Gasteiger partial charge is 0.0303 e. The molecule has 0 heterocycles. The maximum absolute atomic E-state index is 4.21. The Morgan fingerprint density at radius 3 is 2.20 bits per heavy atom. The summed E-state index contributed by atoms with van der Waals surface area (Å²) in [5.74, 6) is 0.766. The van der Waals surface area contributed by atoms with Crippen LogP contribution in [0.2, 0.25) is 0 Å². The van der Waals surface area contributed by atoms with Gasteiger partial charge in [0, 0.05) is 0 Å². The predicted molar refractivity (Wildman–Crippen MR) is 47.8 cm³/mol. The maximum atomic E-state index is 4.21. The lowest BCUT2D eigenvalue weighted by atomic mass is 9.76. The summed E-state index contributed by atoms with van der Waals surface area (Å²) in [6.45, 7) is 13.2. The molecule has 0 spiro atoms. The molecule has 10 heavy (non-hydrogen) atoms. The minimum absolute atomic E-state index is 0.302. The monoisotopic (exact) mass is 141 g/mol.